The van der Waals surface area contributed by atoms with Crippen LogP contribution in [0.5, 0.6) is 5.75 Å². The minimum atomic E-state index is 0. The molecular formula is C32H19N2O2Pt-. The van der Waals surface area contributed by atoms with Crippen LogP contribution in [0.4, 0.5) is 0 Å². The first-order chi connectivity index (χ1) is 17.8. The van der Waals surface area contributed by atoms with Crippen molar-refractivity contribution in [3.05, 3.63) is 115 Å². The standard InChI is InChI=1S/C32H19N2O2.Pt/c35-28-14-6-5-12-26(28)32-34-31-25(13-7-15-29(31)36-32)27-19-22(18-21-9-2-3-10-23(21)27)30-24-11-4-1-8-20(24)16-17-33-30;/h1-18,35H;/q-1;. The Kier molecular flexibility index (Phi) is 5.82. The van der Waals surface area contributed by atoms with Crippen LogP contribution in [-0.4, -0.2) is 15.1 Å². The molecule has 0 atom stereocenters. The second-order valence-corrected chi connectivity index (χ2v) is 8.71. The van der Waals surface area contributed by atoms with E-state index in [1.165, 1.54) is 0 Å². The molecule has 37 heavy (non-hydrogen) atoms. The third-order valence-electron chi connectivity index (χ3n) is 6.54. The third-order valence-corrected chi connectivity index (χ3v) is 6.54. The van der Waals surface area contributed by atoms with Gasteiger partial charge >= 0.3 is 0 Å². The number of aromatic hydroxyl groups is 1. The Morgan fingerprint density at radius 1 is 0.703 bits per heavy atom. The van der Waals surface area contributed by atoms with Crippen LogP contribution in [0.25, 0.3) is 66.5 Å². The van der Waals surface area contributed by atoms with Gasteiger partial charge in [-0.25, -0.2) is 4.98 Å². The number of hydrogen-bond donors (Lipinski definition) is 1. The van der Waals surface area contributed by atoms with Crippen LogP contribution in [0, 0.1) is 6.07 Å². The van der Waals surface area contributed by atoms with Crippen LogP contribution in [0.1, 0.15) is 0 Å². The zero-order chi connectivity index (χ0) is 24.1. The number of aromatic nitrogens is 2. The summed E-state index contributed by atoms with van der Waals surface area (Å²) in [6.07, 6.45) is 1.84. The van der Waals surface area contributed by atoms with Gasteiger partial charge in [-0.2, -0.15) is 0 Å². The van der Waals surface area contributed by atoms with Gasteiger partial charge in [0.2, 0.25) is 5.89 Å². The van der Waals surface area contributed by atoms with E-state index in [1.54, 1.807) is 18.2 Å². The van der Waals surface area contributed by atoms with Gasteiger partial charge in [0.25, 0.3) is 0 Å². The van der Waals surface area contributed by atoms with E-state index in [1.807, 2.05) is 60.8 Å². The molecule has 0 amide bonds. The van der Waals surface area contributed by atoms with Gasteiger partial charge in [0, 0.05) is 33.0 Å². The van der Waals surface area contributed by atoms with E-state index >= 15 is 0 Å². The molecule has 7 aromatic rings. The smallest absolute Gasteiger partial charge is 0.230 e. The topological polar surface area (TPSA) is 59.2 Å². The Bertz CT molecular complexity index is 1920. The fraction of sp³-hybridized carbons (Fsp3) is 0. The number of para-hydroxylation sites is 2. The predicted molar refractivity (Wildman–Crippen MR) is 144 cm³/mol. The molecule has 5 heteroatoms. The van der Waals surface area contributed by atoms with E-state index in [-0.39, 0.29) is 26.8 Å². The molecule has 0 saturated carbocycles. The minimum absolute atomic E-state index is 0. The van der Waals surface area contributed by atoms with Gasteiger partial charge in [-0.3, -0.25) is 4.98 Å². The second-order valence-electron chi connectivity index (χ2n) is 8.71. The summed E-state index contributed by atoms with van der Waals surface area (Å²) in [6.45, 7) is 0. The van der Waals surface area contributed by atoms with Crippen LogP contribution < -0.4 is 0 Å². The molecule has 0 aliphatic rings. The predicted octanol–water partition coefficient (Wildman–Crippen LogP) is 8.03. The molecule has 0 saturated heterocycles. The molecule has 2 heterocycles. The van der Waals surface area contributed by atoms with E-state index in [4.69, 9.17) is 14.4 Å². The first-order valence-electron chi connectivity index (χ1n) is 11.7. The van der Waals surface area contributed by atoms with Crippen LogP contribution >= 0.6 is 0 Å². The van der Waals surface area contributed by atoms with Crippen LogP contribution in [0.2, 0.25) is 0 Å². The molecule has 0 radical (unpaired) electrons. The molecule has 0 spiro atoms. The number of phenols is 1. The van der Waals surface area contributed by atoms with E-state index in [2.05, 4.69) is 36.4 Å². The summed E-state index contributed by atoms with van der Waals surface area (Å²) >= 11 is 0. The number of nitrogens with zero attached hydrogens (tertiary/aromatic N) is 2. The molecule has 5 aromatic carbocycles. The maximum atomic E-state index is 10.4. The van der Waals surface area contributed by atoms with Crippen molar-refractivity contribution in [1.29, 1.82) is 0 Å². The van der Waals surface area contributed by atoms with Gasteiger partial charge in [0.15, 0.2) is 0 Å². The Balaban J connectivity index is 0.00000252. The Hall–Kier alpha value is -4.27. The third kappa shape index (κ3) is 3.91. The van der Waals surface area contributed by atoms with Crippen molar-refractivity contribution in [3.8, 4) is 39.6 Å². The quantitative estimate of drug-likeness (QED) is 0.195. The summed E-state index contributed by atoms with van der Waals surface area (Å²) < 4.78 is 6.08. The van der Waals surface area contributed by atoms with Crippen molar-refractivity contribution in [3.63, 3.8) is 0 Å². The van der Waals surface area contributed by atoms with Gasteiger partial charge in [-0.1, -0.05) is 94.7 Å². The Labute approximate surface area is 227 Å². The molecule has 0 unspecified atom stereocenters. The van der Waals surface area contributed by atoms with Gasteiger partial charge in [0.1, 0.15) is 11.3 Å². The number of rotatable bonds is 3. The number of fused-ring (bicyclic) bond motifs is 3. The normalized spacial score (nSPS) is 11.1. The monoisotopic (exact) mass is 658 g/mol. The molecule has 7 rings (SSSR count). The average Bonchev–Trinajstić information content (AvgIpc) is 3.37. The Morgan fingerprint density at radius 3 is 2.30 bits per heavy atom. The maximum Gasteiger partial charge on any atom is 0.230 e. The number of phenolic OH excluding ortho intramolecular Hbond substituents is 1. The van der Waals surface area contributed by atoms with Crippen LogP contribution in [0.3, 0.4) is 0 Å². The van der Waals surface area contributed by atoms with E-state index in [9.17, 15) is 5.11 Å². The zero-order valence-corrected chi connectivity index (χ0v) is 21.7. The fourth-order valence-electron chi connectivity index (χ4n) is 4.84. The molecule has 1 N–H and O–H groups in total. The van der Waals surface area contributed by atoms with Crippen molar-refractivity contribution in [2.45, 2.75) is 0 Å². The molecule has 4 nitrogen and oxygen atoms in total. The van der Waals surface area contributed by atoms with E-state index in [0.29, 0.717) is 17.0 Å². The summed E-state index contributed by atoms with van der Waals surface area (Å²) in [5, 5.41) is 14.7. The number of hydrogen-bond acceptors (Lipinski definition) is 4. The summed E-state index contributed by atoms with van der Waals surface area (Å²) in [6, 6.07) is 37.3. The van der Waals surface area contributed by atoms with Gasteiger partial charge in [-0.05, 0) is 35.0 Å². The van der Waals surface area contributed by atoms with Crippen molar-refractivity contribution in [2.24, 2.45) is 0 Å². The number of oxazole rings is 1. The molecule has 0 aliphatic heterocycles. The first-order valence-corrected chi connectivity index (χ1v) is 11.7. The van der Waals surface area contributed by atoms with Crippen molar-refractivity contribution in [1.82, 2.24) is 9.97 Å². The summed E-state index contributed by atoms with van der Waals surface area (Å²) in [5.41, 5.74) is 5.58. The SMILES string of the molecule is Oc1ccccc1-c1nc2c(-c3[c-]c(-c4nccc5ccccc45)cc4ccccc34)cccc2o1.[Pt]. The zero-order valence-electron chi connectivity index (χ0n) is 19.5. The molecule has 0 fully saturated rings. The van der Waals surface area contributed by atoms with Crippen LogP contribution in [-0.2, 0) is 21.1 Å². The fourth-order valence-corrected chi connectivity index (χ4v) is 4.84. The molecule has 0 aliphatic carbocycles. The number of pyridine rings is 1. The maximum absolute atomic E-state index is 10.4. The summed E-state index contributed by atoms with van der Waals surface area (Å²) in [4.78, 5) is 9.56. The summed E-state index contributed by atoms with van der Waals surface area (Å²) in [5.74, 6) is 0.512. The second kappa shape index (κ2) is 9.31. The van der Waals surface area contributed by atoms with Gasteiger partial charge in [-0.15, -0.1) is 17.7 Å². The van der Waals surface area contributed by atoms with Gasteiger partial charge < -0.3 is 9.52 Å². The van der Waals surface area contributed by atoms with Crippen molar-refractivity contribution in [2.75, 3.05) is 0 Å². The van der Waals surface area contributed by atoms with Gasteiger partial charge in [0.05, 0.1) is 11.1 Å². The van der Waals surface area contributed by atoms with Crippen molar-refractivity contribution >= 4 is 32.6 Å². The van der Waals surface area contributed by atoms with E-state index in [0.717, 1.165) is 49.4 Å². The largest absolute Gasteiger partial charge is 0.507 e. The van der Waals surface area contributed by atoms with E-state index < -0.39 is 0 Å². The summed E-state index contributed by atoms with van der Waals surface area (Å²) in [7, 11) is 0. The minimum Gasteiger partial charge on any atom is -0.507 e. The molecule has 2 aromatic heterocycles. The Morgan fingerprint density at radius 2 is 1.43 bits per heavy atom. The number of benzene rings is 5. The van der Waals surface area contributed by atoms with Crippen molar-refractivity contribution < 1.29 is 30.6 Å². The average molecular weight is 659 g/mol. The molecule has 0 bridgehead atoms. The molecular weight excluding hydrogens is 639 g/mol. The first kappa shape index (κ1) is 23.1. The molecule has 180 valence electrons. The van der Waals surface area contributed by atoms with Crippen LogP contribution in [0.15, 0.2) is 114 Å².